The molecule has 0 bridgehead atoms. The summed E-state index contributed by atoms with van der Waals surface area (Å²) in [7, 11) is 1.53. The van der Waals surface area contributed by atoms with E-state index in [9.17, 15) is 9.59 Å². The van der Waals surface area contributed by atoms with Gasteiger partial charge >= 0.3 is 0 Å². The number of carbonyl (C=O) groups excluding carboxylic acids is 2. The fourth-order valence-electron chi connectivity index (χ4n) is 0.708. The summed E-state index contributed by atoms with van der Waals surface area (Å²) in [6.45, 7) is 0. The lowest BCUT2D eigenvalue weighted by molar-refractivity contribution is 0.0967. The van der Waals surface area contributed by atoms with Crippen LogP contribution in [0.2, 0.25) is 0 Å². The maximum atomic E-state index is 11.0. The highest BCUT2D eigenvalue weighted by molar-refractivity contribution is 7.12. The monoisotopic (exact) mass is 184 g/mol. The summed E-state index contributed by atoms with van der Waals surface area (Å²) in [5.74, 6) is -0.714. The van der Waals surface area contributed by atoms with Crippen molar-refractivity contribution in [3.63, 3.8) is 0 Å². The summed E-state index contributed by atoms with van der Waals surface area (Å²) in [6.07, 6.45) is 0. The molecule has 1 aromatic heterocycles. The van der Waals surface area contributed by atoms with Gasteiger partial charge in [0, 0.05) is 12.4 Å². The zero-order chi connectivity index (χ0) is 9.14. The highest BCUT2D eigenvalue weighted by atomic mass is 32.1. The summed E-state index contributed by atoms with van der Waals surface area (Å²) in [5, 5.41) is 4.02. The number of amides is 2. The fraction of sp³-hybridized carbons (Fsp3) is 0.143. The predicted octanol–water partition coefficient (Wildman–Crippen LogP) is 0.207. The first kappa shape index (κ1) is 8.73. The standard InChI is InChI=1S/C7H8N2O2S/c1-9-7(11)5-2-4(3-12-5)6(8)10/h2-3H,1H3,(H2,8,10)(H,9,11). The third kappa shape index (κ3) is 1.62. The van der Waals surface area contributed by atoms with Crippen molar-refractivity contribution in [2.75, 3.05) is 7.05 Å². The third-order valence-electron chi connectivity index (χ3n) is 1.33. The zero-order valence-corrected chi connectivity index (χ0v) is 7.27. The molecule has 1 aromatic rings. The van der Waals surface area contributed by atoms with Crippen molar-refractivity contribution in [1.82, 2.24) is 5.32 Å². The quantitative estimate of drug-likeness (QED) is 0.689. The Labute approximate surface area is 73.4 Å². The van der Waals surface area contributed by atoms with Gasteiger partial charge in [-0.3, -0.25) is 9.59 Å². The van der Waals surface area contributed by atoms with Gasteiger partial charge in [0.05, 0.1) is 10.4 Å². The van der Waals surface area contributed by atoms with Crippen molar-refractivity contribution in [2.24, 2.45) is 5.73 Å². The molecular weight excluding hydrogens is 176 g/mol. The molecule has 64 valence electrons. The second-order valence-corrected chi connectivity index (χ2v) is 3.05. The molecule has 0 spiro atoms. The lowest BCUT2D eigenvalue weighted by Crippen LogP contribution is -2.16. The van der Waals surface area contributed by atoms with Gasteiger partial charge in [0.1, 0.15) is 0 Å². The van der Waals surface area contributed by atoms with Gasteiger partial charge in [-0.1, -0.05) is 0 Å². The molecule has 0 fully saturated rings. The first-order valence-corrected chi connectivity index (χ1v) is 4.13. The number of nitrogens with two attached hydrogens (primary N) is 1. The number of hydrogen-bond acceptors (Lipinski definition) is 3. The molecule has 0 aliphatic rings. The van der Waals surface area contributed by atoms with Crippen molar-refractivity contribution in [3.05, 3.63) is 21.9 Å². The maximum Gasteiger partial charge on any atom is 0.261 e. The molecule has 0 aliphatic carbocycles. The summed E-state index contributed by atoms with van der Waals surface area (Å²) in [5.41, 5.74) is 5.38. The van der Waals surface area contributed by atoms with Crippen molar-refractivity contribution in [3.8, 4) is 0 Å². The van der Waals surface area contributed by atoms with Crippen LogP contribution in [-0.4, -0.2) is 18.9 Å². The predicted molar refractivity (Wildman–Crippen MR) is 46.2 cm³/mol. The average Bonchev–Trinajstić information content (AvgIpc) is 2.51. The molecule has 2 amide bonds. The smallest absolute Gasteiger partial charge is 0.261 e. The van der Waals surface area contributed by atoms with Gasteiger partial charge in [0.25, 0.3) is 5.91 Å². The van der Waals surface area contributed by atoms with Gasteiger partial charge in [-0.25, -0.2) is 0 Å². The van der Waals surface area contributed by atoms with E-state index in [4.69, 9.17) is 5.73 Å². The van der Waals surface area contributed by atoms with E-state index in [-0.39, 0.29) is 5.91 Å². The van der Waals surface area contributed by atoms with Crippen molar-refractivity contribution in [2.45, 2.75) is 0 Å². The lowest BCUT2D eigenvalue weighted by Gasteiger charge is -1.91. The van der Waals surface area contributed by atoms with E-state index >= 15 is 0 Å². The van der Waals surface area contributed by atoms with E-state index in [1.165, 1.54) is 24.5 Å². The number of hydrogen-bond donors (Lipinski definition) is 2. The Morgan fingerprint density at radius 1 is 1.58 bits per heavy atom. The van der Waals surface area contributed by atoms with Crippen LogP contribution in [0.5, 0.6) is 0 Å². The molecule has 3 N–H and O–H groups in total. The normalized spacial score (nSPS) is 9.42. The van der Waals surface area contributed by atoms with Gasteiger partial charge in [-0.15, -0.1) is 11.3 Å². The largest absolute Gasteiger partial charge is 0.366 e. The Balaban J connectivity index is 2.91. The summed E-state index contributed by atoms with van der Waals surface area (Å²) < 4.78 is 0. The van der Waals surface area contributed by atoms with Gasteiger partial charge in [-0.05, 0) is 6.07 Å². The van der Waals surface area contributed by atoms with Gasteiger partial charge in [0.2, 0.25) is 5.91 Å². The minimum absolute atomic E-state index is 0.201. The van der Waals surface area contributed by atoms with Gasteiger partial charge in [-0.2, -0.15) is 0 Å². The number of primary amides is 1. The van der Waals surface area contributed by atoms with Crippen molar-refractivity contribution < 1.29 is 9.59 Å². The van der Waals surface area contributed by atoms with E-state index in [2.05, 4.69) is 5.32 Å². The van der Waals surface area contributed by atoms with Crippen LogP contribution in [0.3, 0.4) is 0 Å². The molecular formula is C7H8N2O2S. The lowest BCUT2D eigenvalue weighted by atomic mass is 10.3. The van der Waals surface area contributed by atoms with Crippen LogP contribution in [0, 0.1) is 0 Å². The average molecular weight is 184 g/mol. The number of thiophene rings is 1. The van der Waals surface area contributed by atoms with Crippen LogP contribution in [0.25, 0.3) is 0 Å². The zero-order valence-electron chi connectivity index (χ0n) is 6.46. The molecule has 0 aromatic carbocycles. The van der Waals surface area contributed by atoms with Gasteiger partial charge in [0.15, 0.2) is 0 Å². The van der Waals surface area contributed by atoms with Crippen LogP contribution in [0.1, 0.15) is 20.0 Å². The second kappa shape index (κ2) is 3.36. The minimum Gasteiger partial charge on any atom is -0.366 e. The molecule has 4 nitrogen and oxygen atoms in total. The number of carbonyl (C=O) groups is 2. The Hall–Kier alpha value is -1.36. The summed E-state index contributed by atoms with van der Waals surface area (Å²) in [6, 6.07) is 1.48. The Kier molecular flexibility index (Phi) is 2.44. The molecule has 0 unspecified atom stereocenters. The highest BCUT2D eigenvalue weighted by Crippen LogP contribution is 2.13. The maximum absolute atomic E-state index is 11.0. The minimum atomic E-state index is -0.513. The molecule has 12 heavy (non-hydrogen) atoms. The molecule has 0 atom stereocenters. The summed E-state index contributed by atoms with van der Waals surface area (Å²) in [4.78, 5) is 22.1. The SMILES string of the molecule is CNC(=O)c1cc(C(N)=O)cs1. The molecule has 0 saturated carbocycles. The van der Waals surface area contributed by atoms with Crippen LogP contribution in [0.4, 0.5) is 0 Å². The van der Waals surface area contributed by atoms with E-state index in [1.807, 2.05) is 0 Å². The van der Waals surface area contributed by atoms with E-state index < -0.39 is 5.91 Å². The molecule has 1 heterocycles. The Morgan fingerprint density at radius 2 is 2.25 bits per heavy atom. The van der Waals surface area contributed by atoms with E-state index in [0.717, 1.165) is 0 Å². The first-order valence-electron chi connectivity index (χ1n) is 3.25. The van der Waals surface area contributed by atoms with E-state index in [0.29, 0.717) is 10.4 Å². The number of nitrogens with one attached hydrogen (secondary N) is 1. The van der Waals surface area contributed by atoms with Gasteiger partial charge < -0.3 is 11.1 Å². The molecule has 0 aliphatic heterocycles. The van der Waals surface area contributed by atoms with Crippen LogP contribution in [-0.2, 0) is 0 Å². The number of rotatable bonds is 2. The van der Waals surface area contributed by atoms with Crippen LogP contribution in [0.15, 0.2) is 11.4 Å². The third-order valence-corrected chi connectivity index (χ3v) is 2.26. The Morgan fingerprint density at radius 3 is 2.67 bits per heavy atom. The molecule has 5 heteroatoms. The van der Waals surface area contributed by atoms with Crippen LogP contribution < -0.4 is 11.1 Å². The Bertz CT molecular complexity index is 319. The summed E-state index contributed by atoms with van der Waals surface area (Å²) >= 11 is 1.20. The van der Waals surface area contributed by atoms with Crippen molar-refractivity contribution >= 4 is 23.2 Å². The molecule has 0 radical (unpaired) electrons. The molecule has 0 saturated heterocycles. The topological polar surface area (TPSA) is 72.2 Å². The highest BCUT2D eigenvalue weighted by Gasteiger charge is 2.09. The van der Waals surface area contributed by atoms with E-state index in [1.54, 1.807) is 5.38 Å². The van der Waals surface area contributed by atoms with Crippen LogP contribution >= 0.6 is 11.3 Å². The molecule has 1 rings (SSSR count). The fourth-order valence-corrected chi connectivity index (χ4v) is 1.55. The second-order valence-electron chi connectivity index (χ2n) is 2.14. The van der Waals surface area contributed by atoms with Crippen molar-refractivity contribution in [1.29, 1.82) is 0 Å². The first-order chi connectivity index (χ1) is 5.65.